The van der Waals surface area contributed by atoms with Crippen LogP contribution in [0.5, 0.6) is 0 Å². The number of carbonyl (C=O) groups excluding carboxylic acids is 1. The zero-order valence-electron chi connectivity index (χ0n) is 12.5. The van der Waals surface area contributed by atoms with Gasteiger partial charge in [0, 0.05) is 41.3 Å². The SMILES string of the molecule is Cc1ccc([C@@H]2C[C@@H]2C(=O)NCCCO[C@H]2CCOC2)s1. The number of thiophene rings is 1. The van der Waals surface area contributed by atoms with Crippen LogP contribution in [0.3, 0.4) is 0 Å². The molecule has 1 N–H and O–H groups in total. The Balaban J connectivity index is 1.29. The maximum atomic E-state index is 12.0. The molecule has 0 bridgehead atoms. The molecule has 1 saturated heterocycles. The minimum atomic E-state index is 0.187. The minimum Gasteiger partial charge on any atom is -0.379 e. The van der Waals surface area contributed by atoms with Gasteiger partial charge in [0.15, 0.2) is 0 Å². The number of aryl methyl sites for hydroxylation is 1. The van der Waals surface area contributed by atoms with Crippen molar-refractivity contribution < 1.29 is 14.3 Å². The van der Waals surface area contributed by atoms with Gasteiger partial charge in [-0.25, -0.2) is 0 Å². The fourth-order valence-corrected chi connectivity index (χ4v) is 3.82. The Bertz CT molecular complexity index is 482. The Morgan fingerprint density at radius 1 is 1.52 bits per heavy atom. The van der Waals surface area contributed by atoms with E-state index < -0.39 is 0 Å². The van der Waals surface area contributed by atoms with E-state index in [9.17, 15) is 4.79 Å². The van der Waals surface area contributed by atoms with Gasteiger partial charge in [-0.15, -0.1) is 11.3 Å². The predicted octanol–water partition coefficient (Wildman–Crippen LogP) is 2.47. The quantitative estimate of drug-likeness (QED) is 0.787. The van der Waals surface area contributed by atoms with E-state index in [2.05, 4.69) is 24.4 Å². The summed E-state index contributed by atoms with van der Waals surface area (Å²) >= 11 is 1.81. The summed E-state index contributed by atoms with van der Waals surface area (Å²) in [6.07, 6.45) is 3.13. The summed E-state index contributed by atoms with van der Waals surface area (Å²) < 4.78 is 10.9. The van der Waals surface area contributed by atoms with Crippen LogP contribution in [0.1, 0.15) is 34.9 Å². The summed E-state index contributed by atoms with van der Waals surface area (Å²) in [5, 5.41) is 3.03. The first-order valence-electron chi connectivity index (χ1n) is 7.77. The second kappa shape index (κ2) is 6.90. The summed E-state index contributed by atoms with van der Waals surface area (Å²) in [4.78, 5) is 14.7. The molecule has 2 aliphatic rings. The van der Waals surface area contributed by atoms with Crippen molar-refractivity contribution in [1.82, 2.24) is 5.32 Å². The number of ether oxygens (including phenoxy) is 2. The van der Waals surface area contributed by atoms with E-state index in [1.54, 1.807) is 0 Å². The van der Waals surface area contributed by atoms with Gasteiger partial charge in [-0.2, -0.15) is 0 Å². The number of rotatable bonds is 7. The predicted molar refractivity (Wildman–Crippen MR) is 82.7 cm³/mol. The fourth-order valence-electron chi connectivity index (χ4n) is 2.76. The third-order valence-electron chi connectivity index (χ3n) is 4.12. The van der Waals surface area contributed by atoms with Crippen LogP contribution in [0.2, 0.25) is 0 Å². The van der Waals surface area contributed by atoms with Crippen molar-refractivity contribution in [2.45, 2.75) is 38.2 Å². The van der Waals surface area contributed by atoms with Crippen molar-refractivity contribution in [3.8, 4) is 0 Å². The van der Waals surface area contributed by atoms with Crippen molar-refractivity contribution in [2.24, 2.45) is 5.92 Å². The highest BCUT2D eigenvalue weighted by atomic mass is 32.1. The number of nitrogens with one attached hydrogen (secondary N) is 1. The first-order valence-corrected chi connectivity index (χ1v) is 8.59. The van der Waals surface area contributed by atoms with Crippen LogP contribution in [-0.2, 0) is 14.3 Å². The van der Waals surface area contributed by atoms with E-state index in [0.29, 0.717) is 19.1 Å². The normalized spacial score (nSPS) is 27.8. The van der Waals surface area contributed by atoms with Gasteiger partial charge < -0.3 is 14.8 Å². The Hall–Kier alpha value is -0.910. The highest BCUT2D eigenvalue weighted by molar-refractivity contribution is 7.12. The molecule has 0 radical (unpaired) electrons. The van der Waals surface area contributed by atoms with Crippen LogP contribution in [0.25, 0.3) is 0 Å². The summed E-state index contributed by atoms with van der Waals surface area (Å²) in [6.45, 7) is 5.05. The van der Waals surface area contributed by atoms with Gasteiger partial charge >= 0.3 is 0 Å². The minimum absolute atomic E-state index is 0.187. The molecular formula is C16H23NO3S. The van der Waals surface area contributed by atoms with Crippen molar-refractivity contribution in [3.63, 3.8) is 0 Å². The number of hydrogen-bond acceptors (Lipinski definition) is 4. The van der Waals surface area contributed by atoms with Crippen molar-refractivity contribution >= 4 is 17.2 Å². The molecule has 1 amide bonds. The molecule has 0 unspecified atom stereocenters. The fraction of sp³-hybridized carbons (Fsp3) is 0.688. The number of carbonyl (C=O) groups is 1. The molecule has 0 aromatic carbocycles. The lowest BCUT2D eigenvalue weighted by Gasteiger charge is -2.10. The standard InChI is InChI=1S/C16H23NO3S/c1-11-3-4-15(21-11)13-9-14(13)16(18)17-6-2-7-20-12-5-8-19-10-12/h3-4,12-14H,2,5-10H2,1H3,(H,17,18)/t12-,13+,14-/m0/s1. The average Bonchev–Trinajstić information content (AvgIpc) is 2.88. The zero-order valence-corrected chi connectivity index (χ0v) is 13.3. The van der Waals surface area contributed by atoms with Crippen molar-refractivity contribution in [3.05, 3.63) is 21.9 Å². The number of amides is 1. The first-order chi connectivity index (χ1) is 10.2. The van der Waals surface area contributed by atoms with E-state index >= 15 is 0 Å². The largest absolute Gasteiger partial charge is 0.379 e. The van der Waals surface area contributed by atoms with Crippen LogP contribution in [-0.4, -0.2) is 38.4 Å². The summed E-state index contributed by atoms with van der Waals surface area (Å²) in [5.74, 6) is 0.845. The smallest absolute Gasteiger partial charge is 0.223 e. The third-order valence-corrected chi connectivity index (χ3v) is 5.25. The maximum Gasteiger partial charge on any atom is 0.223 e. The lowest BCUT2D eigenvalue weighted by molar-refractivity contribution is -0.122. The second-order valence-corrected chi connectivity index (χ2v) is 7.22. The molecule has 2 fully saturated rings. The number of hydrogen-bond donors (Lipinski definition) is 1. The van der Waals surface area contributed by atoms with Gasteiger partial charge in [0.1, 0.15) is 0 Å². The van der Waals surface area contributed by atoms with Crippen LogP contribution in [0, 0.1) is 12.8 Å². The lowest BCUT2D eigenvalue weighted by Crippen LogP contribution is -2.27. The van der Waals surface area contributed by atoms with Crippen molar-refractivity contribution in [2.75, 3.05) is 26.4 Å². The molecule has 1 aliphatic carbocycles. The average molecular weight is 309 g/mol. The highest BCUT2D eigenvalue weighted by Gasteiger charge is 2.44. The molecule has 1 aromatic rings. The zero-order chi connectivity index (χ0) is 14.7. The summed E-state index contributed by atoms with van der Waals surface area (Å²) in [5.41, 5.74) is 0. The Morgan fingerprint density at radius 2 is 2.43 bits per heavy atom. The lowest BCUT2D eigenvalue weighted by atomic mass is 10.2. The molecule has 1 aliphatic heterocycles. The Kier molecular flexibility index (Phi) is 4.93. The molecule has 2 heterocycles. The molecule has 1 saturated carbocycles. The van der Waals surface area contributed by atoms with Gasteiger partial charge in [0.05, 0.1) is 12.7 Å². The van der Waals surface area contributed by atoms with E-state index in [0.717, 1.165) is 32.5 Å². The summed E-state index contributed by atoms with van der Waals surface area (Å²) in [7, 11) is 0. The van der Waals surface area contributed by atoms with Crippen LogP contribution in [0.4, 0.5) is 0 Å². The van der Waals surface area contributed by atoms with E-state index in [4.69, 9.17) is 9.47 Å². The van der Waals surface area contributed by atoms with E-state index in [1.807, 2.05) is 11.3 Å². The molecule has 3 atom stereocenters. The van der Waals surface area contributed by atoms with Crippen molar-refractivity contribution in [1.29, 1.82) is 0 Å². The first kappa shape index (κ1) is 15.0. The molecular weight excluding hydrogens is 286 g/mol. The van der Waals surface area contributed by atoms with E-state index in [1.165, 1.54) is 9.75 Å². The highest BCUT2D eigenvalue weighted by Crippen LogP contribution is 2.49. The second-order valence-electron chi connectivity index (χ2n) is 5.90. The van der Waals surface area contributed by atoms with E-state index in [-0.39, 0.29) is 17.9 Å². The molecule has 1 aromatic heterocycles. The maximum absolute atomic E-state index is 12.0. The Morgan fingerprint density at radius 3 is 3.14 bits per heavy atom. The van der Waals surface area contributed by atoms with Gasteiger partial charge in [-0.05, 0) is 38.3 Å². The van der Waals surface area contributed by atoms with Crippen LogP contribution < -0.4 is 5.32 Å². The van der Waals surface area contributed by atoms with Gasteiger partial charge in [0.25, 0.3) is 0 Å². The van der Waals surface area contributed by atoms with Gasteiger partial charge in [-0.3, -0.25) is 4.79 Å². The van der Waals surface area contributed by atoms with Gasteiger partial charge in [-0.1, -0.05) is 0 Å². The molecule has 4 nitrogen and oxygen atoms in total. The molecule has 0 spiro atoms. The Labute approximate surface area is 129 Å². The molecule has 3 rings (SSSR count). The monoisotopic (exact) mass is 309 g/mol. The van der Waals surface area contributed by atoms with Crippen LogP contribution in [0.15, 0.2) is 12.1 Å². The molecule has 21 heavy (non-hydrogen) atoms. The van der Waals surface area contributed by atoms with Crippen LogP contribution >= 0.6 is 11.3 Å². The van der Waals surface area contributed by atoms with Gasteiger partial charge in [0.2, 0.25) is 5.91 Å². The third kappa shape index (κ3) is 4.05. The topological polar surface area (TPSA) is 47.6 Å². The molecule has 5 heteroatoms. The summed E-state index contributed by atoms with van der Waals surface area (Å²) in [6, 6.07) is 4.30. The molecule has 116 valence electrons.